The molecule has 0 radical (unpaired) electrons. The van der Waals surface area contributed by atoms with Gasteiger partial charge in [-0.05, 0) is 98.1 Å². The van der Waals surface area contributed by atoms with Gasteiger partial charge in [-0.15, -0.1) is 10.2 Å². The summed E-state index contributed by atoms with van der Waals surface area (Å²) >= 11 is 2.76. The van der Waals surface area contributed by atoms with Crippen LogP contribution in [-0.2, 0) is 11.1 Å². The molecule has 0 unspecified atom stereocenters. The molecule has 0 aliphatic rings. The second kappa shape index (κ2) is 7.58. The largest absolute Gasteiger partial charge is 0.236 e. The van der Waals surface area contributed by atoms with Crippen molar-refractivity contribution >= 4 is 34.6 Å². The number of aromatic nitrogens is 10. The number of para-hydroxylation sites is 2. The van der Waals surface area contributed by atoms with Crippen LogP contribution in [0, 0.1) is 0 Å². The van der Waals surface area contributed by atoms with E-state index in [0.29, 0.717) is 20.4 Å². The lowest BCUT2D eigenvalue weighted by atomic mass is 10.1. The molecule has 10 nitrogen and oxygen atoms in total. The standard InChI is InChI=1S/C18H22N10S2/c1-17(2,3)27-15(21-23-25-27)29-13-14(20-12-10-8-7-9-11(12)19-13)30-16-22-24-26-28(16)18(4,5)6/h7-10H,1-6H3. The van der Waals surface area contributed by atoms with Gasteiger partial charge < -0.3 is 0 Å². The first-order valence-electron chi connectivity index (χ1n) is 9.33. The Hall–Kier alpha value is -2.60. The van der Waals surface area contributed by atoms with Crippen LogP contribution in [-0.4, -0.2) is 50.4 Å². The number of nitrogens with zero attached hydrogens (tertiary/aromatic N) is 10. The molecule has 0 amide bonds. The first-order chi connectivity index (χ1) is 14.1. The Morgan fingerprint density at radius 1 is 0.667 bits per heavy atom. The number of benzene rings is 1. The number of rotatable bonds is 4. The number of hydrogen-bond donors (Lipinski definition) is 0. The van der Waals surface area contributed by atoms with Crippen molar-refractivity contribution in [3.8, 4) is 0 Å². The molecule has 4 aromatic rings. The minimum atomic E-state index is -0.264. The lowest BCUT2D eigenvalue weighted by Crippen LogP contribution is -2.24. The normalized spacial score (nSPS) is 12.6. The van der Waals surface area contributed by atoms with E-state index in [4.69, 9.17) is 9.97 Å². The van der Waals surface area contributed by atoms with E-state index in [9.17, 15) is 0 Å². The van der Waals surface area contributed by atoms with Crippen molar-refractivity contribution in [3.05, 3.63) is 24.3 Å². The lowest BCUT2D eigenvalue weighted by Gasteiger charge is -2.20. The Morgan fingerprint density at radius 2 is 1.07 bits per heavy atom. The maximum Gasteiger partial charge on any atom is 0.216 e. The van der Waals surface area contributed by atoms with Crippen LogP contribution in [0.3, 0.4) is 0 Å². The molecule has 0 atom stereocenters. The van der Waals surface area contributed by atoms with E-state index in [1.807, 2.05) is 65.8 Å². The fraction of sp³-hybridized carbons (Fsp3) is 0.444. The van der Waals surface area contributed by atoms with Gasteiger partial charge in [-0.25, -0.2) is 19.3 Å². The molecule has 0 saturated carbocycles. The molecule has 0 aliphatic heterocycles. The molecule has 0 fully saturated rings. The van der Waals surface area contributed by atoms with Crippen molar-refractivity contribution in [1.82, 2.24) is 50.4 Å². The van der Waals surface area contributed by atoms with Crippen LogP contribution in [0.1, 0.15) is 41.5 Å². The maximum atomic E-state index is 4.84. The molecule has 0 spiro atoms. The van der Waals surface area contributed by atoms with Gasteiger partial charge in [0.15, 0.2) is 0 Å². The quantitative estimate of drug-likeness (QED) is 0.466. The summed E-state index contributed by atoms with van der Waals surface area (Å²) in [5.74, 6) is 0. The predicted octanol–water partition coefficient (Wildman–Crippen LogP) is 3.42. The first kappa shape index (κ1) is 20.7. The van der Waals surface area contributed by atoms with Gasteiger partial charge in [0.1, 0.15) is 10.1 Å². The molecule has 0 bridgehead atoms. The number of hydrogen-bond acceptors (Lipinski definition) is 10. The van der Waals surface area contributed by atoms with E-state index in [-0.39, 0.29) is 11.1 Å². The highest BCUT2D eigenvalue weighted by molar-refractivity contribution is 8.02. The number of fused-ring (bicyclic) bond motifs is 1. The number of tetrazole rings is 2. The molecule has 30 heavy (non-hydrogen) atoms. The third kappa shape index (κ3) is 4.15. The zero-order chi connectivity index (χ0) is 21.5. The Bertz CT molecular complexity index is 1090. The van der Waals surface area contributed by atoms with Gasteiger partial charge in [-0.1, -0.05) is 12.1 Å². The lowest BCUT2D eigenvalue weighted by molar-refractivity contribution is 0.320. The molecular weight excluding hydrogens is 420 g/mol. The summed E-state index contributed by atoms with van der Waals surface area (Å²) in [6.07, 6.45) is 0. The van der Waals surface area contributed by atoms with Gasteiger partial charge in [0, 0.05) is 0 Å². The van der Waals surface area contributed by atoms with E-state index >= 15 is 0 Å². The fourth-order valence-corrected chi connectivity index (χ4v) is 4.70. The van der Waals surface area contributed by atoms with Gasteiger partial charge in [-0.2, -0.15) is 0 Å². The first-order valence-corrected chi connectivity index (χ1v) is 11.0. The summed E-state index contributed by atoms with van der Waals surface area (Å²) in [6.45, 7) is 12.3. The molecule has 3 heterocycles. The molecule has 0 N–H and O–H groups in total. The summed E-state index contributed by atoms with van der Waals surface area (Å²) in [5.41, 5.74) is 1.07. The zero-order valence-corrected chi connectivity index (χ0v) is 19.2. The van der Waals surface area contributed by atoms with Gasteiger partial charge in [-0.3, -0.25) is 0 Å². The van der Waals surface area contributed by atoms with E-state index in [2.05, 4.69) is 31.1 Å². The Morgan fingerprint density at radius 3 is 1.43 bits per heavy atom. The smallest absolute Gasteiger partial charge is 0.216 e. The highest BCUT2D eigenvalue weighted by Gasteiger charge is 2.25. The van der Waals surface area contributed by atoms with Crippen molar-refractivity contribution in [2.75, 3.05) is 0 Å². The van der Waals surface area contributed by atoms with Crippen LogP contribution >= 0.6 is 23.5 Å². The third-order valence-corrected chi connectivity index (χ3v) is 6.00. The van der Waals surface area contributed by atoms with Crippen molar-refractivity contribution in [2.45, 2.75) is 73.0 Å². The van der Waals surface area contributed by atoms with Gasteiger partial charge in [0.2, 0.25) is 10.3 Å². The van der Waals surface area contributed by atoms with Crippen LogP contribution < -0.4 is 0 Å². The monoisotopic (exact) mass is 442 g/mol. The van der Waals surface area contributed by atoms with Crippen molar-refractivity contribution in [2.24, 2.45) is 0 Å². The fourth-order valence-electron chi connectivity index (χ4n) is 2.60. The van der Waals surface area contributed by atoms with E-state index in [1.54, 1.807) is 9.36 Å². The molecule has 3 aromatic heterocycles. The summed E-state index contributed by atoms with van der Waals surface area (Å²) in [7, 11) is 0. The predicted molar refractivity (Wildman–Crippen MR) is 113 cm³/mol. The average molecular weight is 443 g/mol. The van der Waals surface area contributed by atoms with Crippen LogP contribution in [0.4, 0.5) is 0 Å². The molecule has 1 aromatic carbocycles. The van der Waals surface area contributed by atoms with E-state index in [1.165, 1.54) is 23.5 Å². The summed E-state index contributed by atoms with van der Waals surface area (Å²) in [4.78, 5) is 9.68. The minimum Gasteiger partial charge on any atom is -0.236 e. The van der Waals surface area contributed by atoms with Crippen molar-refractivity contribution in [1.29, 1.82) is 0 Å². The second-order valence-corrected chi connectivity index (χ2v) is 10.5. The maximum absolute atomic E-state index is 4.84. The molecule has 12 heteroatoms. The molecular formula is C18H22N10S2. The van der Waals surface area contributed by atoms with E-state index < -0.39 is 0 Å². The average Bonchev–Trinajstić information content (AvgIpc) is 3.31. The van der Waals surface area contributed by atoms with Gasteiger partial charge in [0.05, 0.1) is 22.1 Å². The van der Waals surface area contributed by atoms with Crippen molar-refractivity contribution in [3.63, 3.8) is 0 Å². The van der Waals surface area contributed by atoms with Crippen LogP contribution in [0.5, 0.6) is 0 Å². The molecule has 4 rings (SSSR count). The highest BCUT2D eigenvalue weighted by Crippen LogP contribution is 2.37. The van der Waals surface area contributed by atoms with Crippen LogP contribution in [0.2, 0.25) is 0 Å². The van der Waals surface area contributed by atoms with Gasteiger partial charge in [0.25, 0.3) is 0 Å². The topological polar surface area (TPSA) is 113 Å². The Labute approximate surface area is 182 Å². The van der Waals surface area contributed by atoms with Crippen LogP contribution in [0.15, 0.2) is 44.6 Å². The van der Waals surface area contributed by atoms with Crippen molar-refractivity contribution < 1.29 is 0 Å². The van der Waals surface area contributed by atoms with Gasteiger partial charge >= 0.3 is 0 Å². The Balaban J connectivity index is 1.80. The second-order valence-electron chi connectivity index (χ2n) is 8.61. The summed E-state index contributed by atoms with van der Waals surface area (Å²) in [5, 5.41) is 27.1. The molecule has 0 saturated heterocycles. The Kier molecular flexibility index (Phi) is 5.22. The van der Waals surface area contributed by atoms with E-state index in [0.717, 1.165) is 11.0 Å². The minimum absolute atomic E-state index is 0.264. The summed E-state index contributed by atoms with van der Waals surface area (Å²) < 4.78 is 3.56. The SMILES string of the molecule is CC(C)(C)n1nnnc1Sc1nc2ccccc2nc1Sc1nnnn1C(C)(C)C. The summed E-state index contributed by atoms with van der Waals surface area (Å²) in [6, 6.07) is 7.76. The molecule has 156 valence electrons. The molecule has 0 aliphatic carbocycles. The zero-order valence-electron chi connectivity index (χ0n) is 17.6. The van der Waals surface area contributed by atoms with Crippen LogP contribution in [0.25, 0.3) is 11.0 Å². The highest BCUT2D eigenvalue weighted by atomic mass is 32.2. The third-order valence-electron chi connectivity index (χ3n) is 4.04.